The number of hydrogen-bond donors (Lipinski definition) is 1. The summed E-state index contributed by atoms with van der Waals surface area (Å²) in [5, 5.41) is 2.96. The lowest BCUT2D eigenvalue weighted by atomic mass is 10.1. The van der Waals surface area contributed by atoms with Crippen LogP contribution >= 0.6 is 0 Å². The van der Waals surface area contributed by atoms with Gasteiger partial charge in [-0.2, -0.15) is 0 Å². The number of terminal acetylenes is 1. The molecular weight excluding hydrogens is 153 g/mol. The van der Waals surface area contributed by atoms with E-state index in [0.29, 0.717) is 12.1 Å². The van der Waals surface area contributed by atoms with Crippen molar-refractivity contribution in [2.24, 2.45) is 0 Å². The normalized spacial score (nSPS) is 9.42. The number of nitrogens with one attached hydrogen (secondary N) is 1. The molecule has 0 atom stereocenters. The molecule has 1 aromatic carbocycles. The molecule has 12 heavy (non-hydrogen) atoms. The molecule has 0 aliphatic rings. The first-order valence-corrected chi connectivity index (χ1v) is 3.67. The van der Waals surface area contributed by atoms with Crippen LogP contribution in [0.25, 0.3) is 0 Å². The molecule has 1 aromatic rings. The Labute approximate surface area is 71.6 Å². The third-order valence-corrected chi connectivity index (χ3v) is 1.59. The quantitative estimate of drug-likeness (QED) is 0.652. The zero-order valence-corrected chi connectivity index (χ0v) is 6.89. The molecule has 0 fully saturated rings. The molecule has 1 nitrogen and oxygen atoms in total. The molecule has 1 rings (SSSR count). The molecule has 2 heteroatoms. The molecule has 0 saturated carbocycles. The van der Waals surface area contributed by atoms with Crippen LogP contribution in [0.1, 0.15) is 11.1 Å². The number of rotatable bonds is 2. The van der Waals surface area contributed by atoms with Gasteiger partial charge in [0.2, 0.25) is 0 Å². The van der Waals surface area contributed by atoms with Gasteiger partial charge in [0.25, 0.3) is 0 Å². The van der Waals surface area contributed by atoms with E-state index in [2.05, 4.69) is 11.2 Å². The summed E-state index contributed by atoms with van der Waals surface area (Å²) in [5.74, 6) is 2.15. The molecule has 1 N–H and O–H groups in total. The summed E-state index contributed by atoms with van der Waals surface area (Å²) in [7, 11) is 1.82. The lowest BCUT2D eigenvalue weighted by Gasteiger charge is -2.02. The summed E-state index contributed by atoms with van der Waals surface area (Å²) >= 11 is 0. The molecular formula is C10H10FN. The van der Waals surface area contributed by atoms with E-state index in [4.69, 9.17) is 6.42 Å². The average molecular weight is 163 g/mol. The smallest absolute Gasteiger partial charge is 0.124 e. The fourth-order valence-corrected chi connectivity index (χ4v) is 1.03. The zero-order valence-electron chi connectivity index (χ0n) is 6.89. The maximum absolute atomic E-state index is 12.7. The molecule has 0 radical (unpaired) electrons. The number of halogens is 1. The second kappa shape index (κ2) is 3.89. The lowest BCUT2D eigenvalue weighted by molar-refractivity contribution is 0.626. The van der Waals surface area contributed by atoms with Crippen LogP contribution in [0.5, 0.6) is 0 Å². The highest BCUT2D eigenvalue weighted by Gasteiger charge is 1.99. The van der Waals surface area contributed by atoms with Gasteiger partial charge >= 0.3 is 0 Å². The molecule has 0 amide bonds. The first-order chi connectivity index (χ1) is 5.77. The Morgan fingerprint density at radius 2 is 2.33 bits per heavy atom. The summed E-state index contributed by atoms with van der Waals surface area (Å²) in [5.41, 5.74) is 1.56. The lowest BCUT2D eigenvalue weighted by Crippen LogP contribution is -2.06. The molecule has 0 aromatic heterocycles. The second-order valence-corrected chi connectivity index (χ2v) is 2.48. The van der Waals surface area contributed by atoms with Crippen LogP contribution in [0.4, 0.5) is 4.39 Å². The maximum Gasteiger partial charge on any atom is 0.124 e. The van der Waals surface area contributed by atoms with Gasteiger partial charge in [0.05, 0.1) is 0 Å². The highest BCUT2D eigenvalue weighted by atomic mass is 19.1. The average Bonchev–Trinajstić information content (AvgIpc) is 2.08. The minimum atomic E-state index is -0.289. The maximum atomic E-state index is 12.7. The van der Waals surface area contributed by atoms with Crippen LogP contribution in [-0.2, 0) is 6.54 Å². The van der Waals surface area contributed by atoms with E-state index in [1.807, 2.05) is 7.05 Å². The van der Waals surface area contributed by atoms with Crippen molar-refractivity contribution in [3.63, 3.8) is 0 Å². The summed E-state index contributed by atoms with van der Waals surface area (Å²) in [6.07, 6.45) is 5.21. The van der Waals surface area contributed by atoms with Crippen LogP contribution in [0.2, 0.25) is 0 Å². The predicted molar refractivity (Wildman–Crippen MR) is 47.1 cm³/mol. The Morgan fingerprint density at radius 1 is 1.58 bits per heavy atom. The van der Waals surface area contributed by atoms with Crippen molar-refractivity contribution in [2.45, 2.75) is 6.54 Å². The van der Waals surface area contributed by atoms with Crippen molar-refractivity contribution in [1.29, 1.82) is 0 Å². The molecule has 0 unspecified atom stereocenters. The summed E-state index contributed by atoms with van der Waals surface area (Å²) in [6, 6.07) is 4.47. The van der Waals surface area contributed by atoms with Crippen molar-refractivity contribution in [1.82, 2.24) is 5.32 Å². The fraction of sp³-hybridized carbons (Fsp3) is 0.200. The van der Waals surface area contributed by atoms with Gasteiger partial charge < -0.3 is 5.32 Å². The Hall–Kier alpha value is -1.33. The van der Waals surface area contributed by atoms with Gasteiger partial charge in [-0.3, -0.25) is 0 Å². The fourth-order valence-electron chi connectivity index (χ4n) is 1.03. The van der Waals surface area contributed by atoms with Crippen LogP contribution < -0.4 is 5.32 Å². The van der Waals surface area contributed by atoms with Gasteiger partial charge in [0, 0.05) is 12.1 Å². The molecule has 62 valence electrons. The van der Waals surface area contributed by atoms with Crippen molar-refractivity contribution in [3.8, 4) is 12.3 Å². The summed E-state index contributed by atoms with van der Waals surface area (Å²) in [6.45, 7) is 0.666. The van der Waals surface area contributed by atoms with Gasteiger partial charge in [-0.05, 0) is 24.7 Å². The predicted octanol–water partition coefficient (Wildman–Crippen LogP) is 1.53. The second-order valence-electron chi connectivity index (χ2n) is 2.48. The van der Waals surface area contributed by atoms with E-state index in [1.165, 1.54) is 12.1 Å². The minimum absolute atomic E-state index is 0.289. The van der Waals surface area contributed by atoms with Gasteiger partial charge in [0.15, 0.2) is 0 Å². The monoisotopic (exact) mass is 163 g/mol. The Bertz CT molecular complexity index is 312. The topological polar surface area (TPSA) is 12.0 Å². The molecule has 0 heterocycles. The SMILES string of the molecule is C#Cc1cc(F)ccc1CNC. The van der Waals surface area contributed by atoms with E-state index in [1.54, 1.807) is 6.07 Å². The van der Waals surface area contributed by atoms with Crippen molar-refractivity contribution in [3.05, 3.63) is 35.1 Å². The van der Waals surface area contributed by atoms with Crippen LogP contribution in [0, 0.1) is 18.2 Å². The first kappa shape index (κ1) is 8.76. The van der Waals surface area contributed by atoms with E-state index in [9.17, 15) is 4.39 Å². The zero-order chi connectivity index (χ0) is 8.97. The van der Waals surface area contributed by atoms with Gasteiger partial charge in [0.1, 0.15) is 5.82 Å². The third kappa shape index (κ3) is 1.84. The standard InChI is InChI=1S/C10H10FN/c1-3-8-6-10(11)5-4-9(8)7-12-2/h1,4-6,12H,7H2,2H3. The Balaban J connectivity index is 3.05. The van der Waals surface area contributed by atoms with Gasteiger partial charge in [-0.15, -0.1) is 6.42 Å². The largest absolute Gasteiger partial charge is 0.316 e. The molecule has 0 aliphatic heterocycles. The van der Waals surface area contributed by atoms with Crippen LogP contribution in [0.3, 0.4) is 0 Å². The van der Waals surface area contributed by atoms with Gasteiger partial charge in [-0.1, -0.05) is 12.0 Å². The minimum Gasteiger partial charge on any atom is -0.316 e. The van der Waals surface area contributed by atoms with E-state index in [-0.39, 0.29) is 5.82 Å². The van der Waals surface area contributed by atoms with Gasteiger partial charge in [-0.25, -0.2) is 4.39 Å². The molecule has 0 spiro atoms. The number of benzene rings is 1. The molecule has 0 aliphatic carbocycles. The van der Waals surface area contributed by atoms with Crippen molar-refractivity contribution in [2.75, 3.05) is 7.05 Å². The van der Waals surface area contributed by atoms with E-state index < -0.39 is 0 Å². The van der Waals surface area contributed by atoms with E-state index in [0.717, 1.165) is 5.56 Å². The number of hydrogen-bond acceptors (Lipinski definition) is 1. The first-order valence-electron chi connectivity index (χ1n) is 3.67. The van der Waals surface area contributed by atoms with Crippen LogP contribution in [0.15, 0.2) is 18.2 Å². The third-order valence-electron chi connectivity index (χ3n) is 1.59. The summed E-state index contributed by atoms with van der Waals surface area (Å²) < 4.78 is 12.7. The highest BCUT2D eigenvalue weighted by molar-refractivity contribution is 5.40. The van der Waals surface area contributed by atoms with E-state index >= 15 is 0 Å². The van der Waals surface area contributed by atoms with Crippen molar-refractivity contribution < 1.29 is 4.39 Å². The van der Waals surface area contributed by atoms with Crippen molar-refractivity contribution >= 4 is 0 Å². The highest BCUT2D eigenvalue weighted by Crippen LogP contribution is 2.09. The molecule has 0 saturated heterocycles. The molecule has 0 bridgehead atoms. The Kier molecular flexibility index (Phi) is 2.84. The Morgan fingerprint density at radius 3 is 2.92 bits per heavy atom. The van der Waals surface area contributed by atoms with Crippen LogP contribution in [-0.4, -0.2) is 7.05 Å². The summed E-state index contributed by atoms with van der Waals surface area (Å²) in [4.78, 5) is 0.